The number of carbonyl (C=O) groups excluding carboxylic acids is 3. The predicted molar refractivity (Wildman–Crippen MR) is 166 cm³/mol. The minimum atomic E-state index is -0.871. The summed E-state index contributed by atoms with van der Waals surface area (Å²) in [7, 11) is 0. The molecule has 3 aromatic carbocycles. The van der Waals surface area contributed by atoms with Crippen LogP contribution in [0.25, 0.3) is 6.08 Å². The van der Waals surface area contributed by atoms with Crippen LogP contribution in [0.1, 0.15) is 30.5 Å². The summed E-state index contributed by atoms with van der Waals surface area (Å²) in [6.45, 7) is 4.64. The number of para-hydroxylation sites is 1. The molecule has 1 aliphatic heterocycles. The van der Waals surface area contributed by atoms with Crippen LogP contribution in [0.2, 0.25) is 0 Å². The van der Waals surface area contributed by atoms with Crippen molar-refractivity contribution >= 4 is 23.8 Å². The molecule has 43 heavy (non-hydrogen) atoms. The molecule has 0 fully saturated rings. The first-order chi connectivity index (χ1) is 20.8. The zero-order valence-electron chi connectivity index (χ0n) is 24.6. The van der Waals surface area contributed by atoms with E-state index in [1.807, 2.05) is 80.6 Å². The number of carbonyl (C=O) groups is 3. The zero-order valence-corrected chi connectivity index (χ0v) is 24.6. The number of phenolic OH excluding ortho intramolecular Hbond substituents is 1. The highest BCUT2D eigenvalue weighted by Gasteiger charge is 2.31. The molecule has 0 spiro atoms. The van der Waals surface area contributed by atoms with Gasteiger partial charge in [0.15, 0.2) is 0 Å². The van der Waals surface area contributed by atoms with Gasteiger partial charge in [-0.1, -0.05) is 86.7 Å². The van der Waals surface area contributed by atoms with Crippen LogP contribution >= 0.6 is 0 Å². The lowest BCUT2D eigenvalue weighted by Gasteiger charge is -2.27. The Morgan fingerprint density at radius 2 is 1.47 bits per heavy atom. The number of nitrogens with one attached hydrogen (secondary N) is 4. The van der Waals surface area contributed by atoms with Crippen LogP contribution < -0.4 is 26.0 Å². The van der Waals surface area contributed by atoms with Gasteiger partial charge in [0.05, 0.1) is 6.04 Å². The Labute approximate surface area is 252 Å². The van der Waals surface area contributed by atoms with Crippen molar-refractivity contribution in [3.05, 3.63) is 102 Å². The summed E-state index contributed by atoms with van der Waals surface area (Å²) in [5.41, 5.74) is 2.59. The first-order valence-electron chi connectivity index (χ1n) is 14.6. The fraction of sp³-hybridized carbons (Fsp3) is 0.324. The van der Waals surface area contributed by atoms with E-state index in [9.17, 15) is 19.5 Å². The van der Waals surface area contributed by atoms with Crippen molar-refractivity contribution < 1.29 is 24.2 Å². The number of fused-ring (bicyclic) bond motifs is 1. The van der Waals surface area contributed by atoms with E-state index in [1.165, 1.54) is 0 Å². The van der Waals surface area contributed by atoms with Crippen LogP contribution in [0.4, 0.5) is 0 Å². The molecule has 1 heterocycles. The summed E-state index contributed by atoms with van der Waals surface area (Å²) in [5.74, 6) is -0.535. The second kappa shape index (κ2) is 15.6. The molecule has 0 aliphatic carbocycles. The maximum absolute atomic E-state index is 13.6. The van der Waals surface area contributed by atoms with Crippen LogP contribution in [-0.2, 0) is 27.2 Å². The number of hydrogen-bond donors (Lipinski definition) is 5. The number of aromatic hydroxyl groups is 1. The maximum atomic E-state index is 13.6. The fourth-order valence-electron chi connectivity index (χ4n) is 4.85. The number of hydrogen-bond acceptors (Lipinski definition) is 6. The third-order valence-corrected chi connectivity index (χ3v) is 7.22. The van der Waals surface area contributed by atoms with Gasteiger partial charge < -0.3 is 31.1 Å². The van der Waals surface area contributed by atoms with E-state index in [-0.39, 0.29) is 30.0 Å². The lowest BCUT2D eigenvalue weighted by Crippen LogP contribution is -2.58. The Hall–Kier alpha value is -4.63. The van der Waals surface area contributed by atoms with Gasteiger partial charge in [-0.15, -0.1) is 0 Å². The van der Waals surface area contributed by atoms with E-state index >= 15 is 0 Å². The summed E-state index contributed by atoms with van der Waals surface area (Å²) >= 11 is 0. The van der Waals surface area contributed by atoms with Crippen molar-refractivity contribution in [3.63, 3.8) is 0 Å². The number of phenols is 1. The molecule has 226 valence electrons. The molecule has 3 aromatic rings. The van der Waals surface area contributed by atoms with Crippen LogP contribution in [0.15, 0.2) is 84.9 Å². The molecule has 3 amide bonds. The second-order valence-corrected chi connectivity index (χ2v) is 10.9. The van der Waals surface area contributed by atoms with Gasteiger partial charge in [0.2, 0.25) is 17.7 Å². The highest BCUT2D eigenvalue weighted by Crippen LogP contribution is 2.19. The molecule has 0 saturated carbocycles. The van der Waals surface area contributed by atoms with Gasteiger partial charge in [-0.2, -0.15) is 0 Å². The van der Waals surface area contributed by atoms with Gasteiger partial charge in [-0.05, 0) is 41.7 Å². The van der Waals surface area contributed by atoms with E-state index in [0.29, 0.717) is 31.7 Å². The first-order valence-corrected chi connectivity index (χ1v) is 14.6. The van der Waals surface area contributed by atoms with E-state index in [4.69, 9.17) is 4.74 Å². The minimum absolute atomic E-state index is 0.137. The number of benzene rings is 3. The van der Waals surface area contributed by atoms with E-state index in [2.05, 4.69) is 21.3 Å². The molecular weight excluding hydrogens is 544 g/mol. The Morgan fingerprint density at radius 3 is 2.21 bits per heavy atom. The third kappa shape index (κ3) is 9.44. The largest absolute Gasteiger partial charge is 0.508 e. The maximum Gasteiger partial charge on any atom is 0.243 e. The molecule has 0 bridgehead atoms. The summed E-state index contributed by atoms with van der Waals surface area (Å²) in [4.78, 5) is 40.6. The van der Waals surface area contributed by atoms with Gasteiger partial charge in [-0.3, -0.25) is 14.4 Å². The van der Waals surface area contributed by atoms with Gasteiger partial charge in [0, 0.05) is 25.1 Å². The quantitative estimate of drug-likeness (QED) is 0.314. The molecule has 0 unspecified atom stereocenters. The smallest absolute Gasteiger partial charge is 0.243 e. The van der Waals surface area contributed by atoms with Crippen molar-refractivity contribution in [2.75, 3.05) is 19.7 Å². The average molecular weight is 585 g/mol. The lowest BCUT2D eigenvalue weighted by atomic mass is 9.99. The van der Waals surface area contributed by atoms with Gasteiger partial charge in [0.1, 0.15) is 30.2 Å². The van der Waals surface area contributed by atoms with Crippen LogP contribution in [0.5, 0.6) is 11.5 Å². The number of ether oxygens (including phenoxy) is 1. The Morgan fingerprint density at radius 1 is 0.791 bits per heavy atom. The van der Waals surface area contributed by atoms with Crippen molar-refractivity contribution in [2.24, 2.45) is 5.92 Å². The molecule has 9 nitrogen and oxygen atoms in total. The SMILES string of the molecule is CC(C)[C@H]1NC(=O)[C@@H](Cc2ccc(O)cc2)NCCOc2ccccc2C=CCNC(=O)[C@H](Cc2ccccc2)NC1=O. The lowest BCUT2D eigenvalue weighted by molar-refractivity contribution is -0.133. The summed E-state index contributed by atoms with van der Waals surface area (Å²) < 4.78 is 6.03. The second-order valence-electron chi connectivity index (χ2n) is 10.9. The van der Waals surface area contributed by atoms with Crippen molar-refractivity contribution in [2.45, 2.75) is 44.8 Å². The number of amides is 3. The molecule has 1 aliphatic rings. The molecule has 0 aromatic heterocycles. The van der Waals surface area contributed by atoms with Crippen LogP contribution in [0, 0.1) is 5.92 Å². The molecule has 3 atom stereocenters. The number of rotatable bonds is 5. The first kappa shape index (κ1) is 31.3. The molecule has 5 N–H and O–H groups in total. The van der Waals surface area contributed by atoms with Crippen molar-refractivity contribution in [1.82, 2.24) is 21.3 Å². The molecule has 0 saturated heterocycles. The topological polar surface area (TPSA) is 129 Å². The van der Waals surface area contributed by atoms with Gasteiger partial charge in [-0.25, -0.2) is 0 Å². The molecular formula is C34H40N4O5. The minimum Gasteiger partial charge on any atom is -0.508 e. The Bertz CT molecular complexity index is 1390. The third-order valence-electron chi connectivity index (χ3n) is 7.22. The fourth-order valence-corrected chi connectivity index (χ4v) is 4.85. The van der Waals surface area contributed by atoms with Crippen LogP contribution in [-0.4, -0.2) is 60.6 Å². The average Bonchev–Trinajstić information content (AvgIpc) is 3.00. The molecule has 4 rings (SSSR count). The van der Waals surface area contributed by atoms with Crippen LogP contribution in [0.3, 0.4) is 0 Å². The highest BCUT2D eigenvalue weighted by molar-refractivity contribution is 5.93. The van der Waals surface area contributed by atoms with E-state index in [1.54, 1.807) is 24.3 Å². The van der Waals surface area contributed by atoms with E-state index in [0.717, 1.165) is 16.7 Å². The van der Waals surface area contributed by atoms with Gasteiger partial charge >= 0.3 is 0 Å². The van der Waals surface area contributed by atoms with Crippen molar-refractivity contribution in [1.29, 1.82) is 0 Å². The Balaban J connectivity index is 1.62. The summed E-state index contributed by atoms with van der Waals surface area (Å²) in [6, 6.07) is 21.3. The highest BCUT2D eigenvalue weighted by atomic mass is 16.5. The Kier molecular flexibility index (Phi) is 11.3. The molecule has 9 heteroatoms. The summed E-state index contributed by atoms with van der Waals surface area (Å²) in [5, 5.41) is 21.7. The van der Waals surface area contributed by atoms with E-state index < -0.39 is 24.0 Å². The summed E-state index contributed by atoms with van der Waals surface area (Å²) in [6.07, 6.45) is 4.35. The van der Waals surface area contributed by atoms with Crippen molar-refractivity contribution in [3.8, 4) is 11.5 Å². The predicted octanol–water partition coefficient (Wildman–Crippen LogP) is 2.98. The normalized spacial score (nSPS) is 20.5. The monoisotopic (exact) mass is 584 g/mol. The molecule has 0 radical (unpaired) electrons. The standard InChI is InChI=1S/C34H40N4O5/c1-23(2)31-34(42)37-29(22-24-9-4-3-5-10-24)32(40)36-18-8-12-26-11-6-7-13-30(26)43-20-19-35-28(33(41)38-31)21-25-14-16-27(39)17-15-25/h3-17,23,28-29,31,35,39H,18-22H2,1-2H3,(H,36,40)(H,37,42)(H,38,41)/t28-,29+,31-/m1/s1. The zero-order chi connectivity index (χ0) is 30.6. The van der Waals surface area contributed by atoms with Gasteiger partial charge in [0.25, 0.3) is 0 Å².